The zero-order valence-corrected chi connectivity index (χ0v) is 24.2. The average Bonchev–Trinajstić information content (AvgIpc) is 3.31. The lowest BCUT2D eigenvalue weighted by molar-refractivity contribution is -0.117. The number of benzene rings is 2. The van der Waals surface area contributed by atoms with Crippen molar-refractivity contribution in [2.24, 2.45) is 0 Å². The summed E-state index contributed by atoms with van der Waals surface area (Å²) in [6.07, 6.45) is 1.91. The fourth-order valence-corrected chi connectivity index (χ4v) is 6.03. The molecule has 2 aliphatic rings. The minimum absolute atomic E-state index is 0.0792. The highest BCUT2D eigenvalue weighted by molar-refractivity contribution is 6.28. The molecule has 4 heterocycles. The molecule has 6 rings (SSSR count). The summed E-state index contributed by atoms with van der Waals surface area (Å²) < 4.78 is 7.17. The summed E-state index contributed by atoms with van der Waals surface area (Å²) >= 11 is 6.24. The number of carbonyl (C=O) groups is 2. The number of morpholine rings is 1. The Morgan fingerprint density at radius 3 is 2.54 bits per heavy atom. The number of halogens is 1. The molecule has 2 aliphatic heterocycles. The first-order valence-electron chi connectivity index (χ1n) is 14.0. The van der Waals surface area contributed by atoms with Crippen molar-refractivity contribution in [1.82, 2.24) is 19.9 Å². The maximum atomic E-state index is 13.2. The summed E-state index contributed by atoms with van der Waals surface area (Å²) in [6, 6.07) is 16.6. The van der Waals surface area contributed by atoms with Gasteiger partial charge in [-0.05, 0) is 78.7 Å². The van der Waals surface area contributed by atoms with Gasteiger partial charge in [0.15, 0.2) is 5.82 Å². The van der Waals surface area contributed by atoms with Crippen molar-refractivity contribution in [1.29, 1.82) is 0 Å². The molecule has 1 N–H and O–H groups in total. The second-order valence-corrected chi connectivity index (χ2v) is 11.1. The lowest BCUT2D eigenvalue weighted by Gasteiger charge is -2.34. The van der Waals surface area contributed by atoms with E-state index in [1.807, 2.05) is 30.0 Å². The fourth-order valence-electron chi connectivity index (χ4n) is 5.88. The van der Waals surface area contributed by atoms with Crippen molar-refractivity contribution in [2.75, 3.05) is 36.1 Å². The Balaban J connectivity index is 1.17. The van der Waals surface area contributed by atoms with Gasteiger partial charge in [0.05, 0.1) is 24.5 Å². The molecule has 2 aromatic heterocycles. The van der Waals surface area contributed by atoms with E-state index in [-0.39, 0.29) is 23.1 Å². The molecule has 0 bridgehead atoms. The monoisotopic (exact) mass is 572 g/mol. The number of rotatable bonds is 5. The third kappa shape index (κ3) is 5.27. The van der Waals surface area contributed by atoms with Crippen LogP contribution in [0, 0.1) is 6.92 Å². The summed E-state index contributed by atoms with van der Waals surface area (Å²) in [7, 11) is 0. The van der Waals surface area contributed by atoms with Gasteiger partial charge < -0.3 is 19.9 Å². The molecule has 4 aromatic rings. The van der Waals surface area contributed by atoms with Crippen LogP contribution < -0.4 is 15.1 Å². The van der Waals surface area contributed by atoms with E-state index in [4.69, 9.17) is 16.3 Å². The number of anilines is 2. The van der Waals surface area contributed by atoms with Gasteiger partial charge in [0.25, 0.3) is 5.91 Å². The number of carbonyl (C=O) groups excluding carboxylic acids is 2. The van der Waals surface area contributed by atoms with E-state index >= 15 is 0 Å². The highest BCUT2D eigenvalue weighted by Crippen LogP contribution is 2.34. The number of fused-ring (bicyclic) bond motifs is 2. The quantitative estimate of drug-likeness (QED) is 0.369. The average molecular weight is 573 g/mol. The van der Waals surface area contributed by atoms with Crippen molar-refractivity contribution in [3.8, 4) is 11.1 Å². The molecule has 10 heteroatoms. The van der Waals surface area contributed by atoms with E-state index in [0.29, 0.717) is 49.9 Å². The number of amides is 2. The molecular weight excluding hydrogens is 540 g/mol. The second kappa shape index (κ2) is 11.1. The van der Waals surface area contributed by atoms with Crippen molar-refractivity contribution >= 4 is 40.4 Å². The first-order chi connectivity index (χ1) is 19.8. The van der Waals surface area contributed by atoms with Crippen LogP contribution in [0.3, 0.4) is 0 Å². The van der Waals surface area contributed by atoms with E-state index in [2.05, 4.69) is 57.6 Å². The zero-order valence-electron chi connectivity index (χ0n) is 23.5. The highest BCUT2D eigenvalue weighted by atomic mass is 35.5. The molecular formula is C31H33ClN6O3. The van der Waals surface area contributed by atoms with Crippen LogP contribution in [0.15, 0.2) is 48.5 Å². The molecule has 2 aromatic carbocycles. The van der Waals surface area contributed by atoms with E-state index in [9.17, 15) is 9.59 Å². The molecule has 0 radical (unpaired) electrons. The van der Waals surface area contributed by atoms with Gasteiger partial charge in [-0.25, -0.2) is 4.52 Å². The standard InChI is InChI=1S/C31H33ClN6O3/c1-19-4-7-25-16-24(10-11-27(25)37(19)21(3)39)23-8-5-22(6-9-23)18-33-30(40)26-17-28-29(36-12-14-41-15-13-36)34-31(32)35-38(28)20(26)2/h5-6,8-11,16-17,19H,4,7,12-15,18H2,1-3H3,(H,33,40)/t19-/m0/s1. The Kier molecular flexibility index (Phi) is 7.40. The van der Waals surface area contributed by atoms with Gasteiger partial charge in [0.2, 0.25) is 11.2 Å². The zero-order chi connectivity index (χ0) is 28.7. The maximum absolute atomic E-state index is 13.2. The lowest BCUT2D eigenvalue weighted by Crippen LogP contribution is -2.40. The molecule has 1 saturated heterocycles. The van der Waals surface area contributed by atoms with E-state index in [1.165, 1.54) is 5.56 Å². The Morgan fingerprint density at radius 2 is 1.80 bits per heavy atom. The number of hydrogen-bond donors (Lipinski definition) is 1. The first-order valence-corrected chi connectivity index (χ1v) is 14.4. The molecule has 0 saturated carbocycles. The van der Waals surface area contributed by atoms with Gasteiger partial charge in [-0.2, -0.15) is 4.98 Å². The van der Waals surface area contributed by atoms with Crippen LogP contribution in [0.2, 0.25) is 5.28 Å². The van der Waals surface area contributed by atoms with Crippen LogP contribution in [0.5, 0.6) is 0 Å². The maximum Gasteiger partial charge on any atom is 0.253 e. The number of aryl methyl sites for hydroxylation is 2. The molecule has 9 nitrogen and oxygen atoms in total. The number of aromatic nitrogens is 3. The molecule has 0 unspecified atom stereocenters. The molecule has 1 fully saturated rings. The summed E-state index contributed by atoms with van der Waals surface area (Å²) in [4.78, 5) is 33.9. The van der Waals surface area contributed by atoms with E-state index < -0.39 is 0 Å². The molecule has 1 atom stereocenters. The third-order valence-electron chi connectivity index (χ3n) is 8.07. The molecule has 41 heavy (non-hydrogen) atoms. The fraction of sp³-hybridized carbons (Fsp3) is 0.355. The van der Waals surface area contributed by atoms with Gasteiger partial charge in [0, 0.05) is 38.3 Å². The largest absolute Gasteiger partial charge is 0.378 e. The molecule has 2 amide bonds. The SMILES string of the molecule is CC(=O)N1c2ccc(-c3ccc(CNC(=O)c4cc5c(N6CCOCC6)nc(Cl)nn5c4C)cc3)cc2CC[C@@H]1C. The van der Waals surface area contributed by atoms with Gasteiger partial charge >= 0.3 is 0 Å². The van der Waals surface area contributed by atoms with Crippen LogP contribution in [0.4, 0.5) is 11.5 Å². The smallest absolute Gasteiger partial charge is 0.253 e. The minimum Gasteiger partial charge on any atom is -0.378 e. The lowest BCUT2D eigenvalue weighted by atomic mass is 9.93. The van der Waals surface area contributed by atoms with Crippen molar-refractivity contribution in [3.05, 3.63) is 76.2 Å². The number of nitrogens with zero attached hydrogens (tertiary/aromatic N) is 5. The summed E-state index contributed by atoms with van der Waals surface area (Å²) in [5.41, 5.74) is 7.40. The molecule has 0 aliphatic carbocycles. The van der Waals surface area contributed by atoms with Crippen LogP contribution in [0.1, 0.15) is 47.4 Å². The Hall–Kier alpha value is -3.95. The van der Waals surface area contributed by atoms with Gasteiger partial charge in [-0.1, -0.05) is 30.3 Å². The number of nitrogens with one attached hydrogen (secondary N) is 1. The Morgan fingerprint density at radius 1 is 1.07 bits per heavy atom. The Labute approximate surface area is 244 Å². The first kappa shape index (κ1) is 27.2. The van der Waals surface area contributed by atoms with Crippen LogP contribution in [-0.2, 0) is 22.5 Å². The predicted molar refractivity (Wildman–Crippen MR) is 160 cm³/mol. The van der Waals surface area contributed by atoms with Crippen molar-refractivity contribution in [2.45, 2.75) is 46.2 Å². The minimum atomic E-state index is -0.180. The van der Waals surface area contributed by atoms with Gasteiger partial charge in [-0.15, -0.1) is 5.10 Å². The number of hydrogen-bond acceptors (Lipinski definition) is 6. The van der Waals surface area contributed by atoms with Crippen LogP contribution in [0.25, 0.3) is 16.6 Å². The van der Waals surface area contributed by atoms with E-state index in [0.717, 1.165) is 40.7 Å². The van der Waals surface area contributed by atoms with Gasteiger partial charge in [0.1, 0.15) is 5.52 Å². The van der Waals surface area contributed by atoms with Crippen molar-refractivity contribution < 1.29 is 14.3 Å². The Bertz CT molecular complexity index is 1630. The topological polar surface area (TPSA) is 92.1 Å². The van der Waals surface area contributed by atoms with Crippen molar-refractivity contribution in [3.63, 3.8) is 0 Å². The highest BCUT2D eigenvalue weighted by Gasteiger charge is 2.26. The molecule has 212 valence electrons. The third-order valence-corrected chi connectivity index (χ3v) is 8.23. The molecule has 0 spiro atoms. The number of ether oxygens (including phenoxy) is 1. The normalized spacial score (nSPS) is 17.0. The second-order valence-electron chi connectivity index (χ2n) is 10.7. The van der Waals surface area contributed by atoms with Crippen LogP contribution in [-0.4, -0.2) is 58.8 Å². The van der Waals surface area contributed by atoms with Gasteiger partial charge in [-0.3, -0.25) is 9.59 Å². The summed E-state index contributed by atoms with van der Waals surface area (Å²) in [5, 5.41) is 7.53. The van der Waals surface area contributed by atoms with Crippen LogP contribution >= 0.6 is 11.6 Å². The summed E-state index contributed by atoms with van der Waals surface area (Å²) in [6.45, 7) is 8.61. The van der Waals surface area contributed by atoms with E-state index in [1.54, 1.807) is 11.4 Å². The summed E-state index contributed by atoms with van der Waals surface area (Å²) in [5.74, 6) is 0.604. The predicted octanol–water partition coefficient (Wildman–Crippen LogP) is 4.81.